The Morgan fingerprint density at radius 1 is 1.15 bits per heavy atom. The summed E-state index contributed by atoms with van der Waals surface area (Å²) in [5, 5.41) is 0. The first-order valence-electron chi connectivity index (χ1n) is 7.43. The van der Waals surface area contributed by atoms with E-state index in [1.54, 1.807) is 7.11 Å². The van der Waals surface area contributed by atoms with Crippen molar-refractivity contribution < 1.29 is 9.47 Å². The number of rotatable bonds is 6. The van der Waals surface area contributed by atoms with Crippen molar-refractivity contribution in [3.63, 3.8) is 0 Å². The molecule has 2 N–H and O–H groups in total. The van der Waals surface area contributed by atoms with Gasteiger partial charge in [0, 0.05) is 18.6 Å². The smallest absolute Gasteiger partial charge is 0.119 e. The molecule has 0 spiro atoms. The summed E-state index contributed by atoms with van der Waals surface area (Å²) in [5.74, 6) is 1.73. The van der Waals surface area contributed by atoms with Gasteiger partial charge in [-0.05, 0) is 44.2 Å². The summed E-state index contributed by atoms with van der Waals surface area (Å²) in [6, 6.07) is 8.51. The van der Waals surface area contributed by atoms with E-state index in [2.05, 4.69) is 11.9 Å². The quantitative estimate of drug-likeness (QED) is 0.867. The Labute approximate surface area is 121 Å². The molecule has 0 amide bonds. The Morgan fingerprint density at radius 2 is 1.80 bits per heavy atom. The van der Waals surface area contributed by atoms with Gasteiger partial charge in [0.05, 0.1) is 7.11 Å². The molecule has 20 heavy (non-hydrogen) atoms. The SMILES string of the molecule is COc1ccc(OCCN(C)C2CCCCC2N)cc1. The third-order valence-electron chi connectivity index (χ3n) is 4.12. The molecule has 1 aliphatic rings. The molecule has 2 rings (SSSR count). The summed E-state index contributed by atoms with van der Waals surface area (Å²) in [7, 11) is 3.81. The van der Waals surface area contributed by atoms with Gasteiger partial charge in [0.1, 0.15) is 18.1 Å². The molecule has 1 saturated carbocycles. The second kappa shape index (κ2) is 7.50. The highest BCUT2D eigenvalue weighted by molar-refractivity contribution is 5.31. The van der Waals surface area contributed by atoms with Crippen LogP contribution >= 0.6 is 0 Å². The van der Waals surface area contributed by atoms with E-state index in [1.807, 2.05) is 24.3 Å². The Balaban J connectivity index is 1.74. The van der Waals surface area contributed by atoms with Gasteiger partial charge in [-0.3, -0.25) is 4.90 Å². The molecular formula is C16H26N2O2. The van der Waals surface area contributed by atoms with E-state index < -0.39 is 0 Å². The lowest BCUT2D eigenvalue weighted by Gasteiger charge is -2.35. The minimum absolute atomic E-state index is 0.315. The number of nitrogens with two attached hydrogens (primary N) is 1. The average molecular weight is 278 g/mol. The maximum atomic E-state index is 6.20. The molecule has 0 radical (unpaired) electrons. The lowest BCUT2D eigenvalue weighted by Crippen LogP contribution is -2.48. The van der Waals surface area contributed by atoms with E-state index >= 15 is 0 Å². The number of hydrogen-bond acceptors (Lipinski definition) is 4. The molecule has 4 nitrogen and oxygen atoms in total. The van der Waals surface area contributed by atoms with Crippen molar-refractivity contribution in [3.8, 4) is 11.5 Å². The molecule has 0 saturated heterocycles. The standard InChI is InChI=1S/C16H26N2O2/c1-18(16-6-4-3-5-15(16)17)11-12-20-14-9-7-13(19-2)8-10-14/h7-10,15-16H,3-6,11-12,17H2,1-2H3. The molecule has 1 aromatic rings. The summed E-state index contributed by atoms with van der Waals surface area (Å²) in [5.41, 5.74) is 6.20. The minimum atomic E-state index is 0.315. The molecule has 0 aliphatic heterocycles. The largest absolute Gasteiger partial charge is 0.497 e. The predicted octanol–water partition coefficient (Wildman–Crippen LogP) is 2.28. The highest BCUT2D eigenvalue weighted by atomic mass is 16.5. The molecule has 0 aromatic heterocycles. The van der Waals surface area contributed by atoms with Crippen molar-refractivity contribution >= 4 is 0 Å². The summed E-state index contributed by atoms with van der Waals surface area (Å²) in [6.45, 7) is 1.59. The van der Waals surface area contributed by atoms with E-state index in [0.717, 1.165) is 24.5 Å². The van der Waals surface area contributed by atoms with Gasteiger partial charge in [-0.15, -0.1) is 0 Å². The topological polar surface area (TPSA) is 47.7 Å². The zero-order valence-corrected chi connectivity index (χ0v) is 12.5. The van der Waals surface area contributed by atoms with Crippen molar-refractivity contribution in [2.24, 2.45) is 5.73 Å². The molecule has 112 valence electrons. The Bertz CT molecular complexity index is 394. The van der Waals surface area contributed by atoms with Crippen LogP contribution < -0.4 is 15.2 Å². The highest BCUT2D eigenvalue weighted by Gasteiger charge is 2.24. The van der Waals surface area contributed by atoms with Crippen LogP contribution in [0.2, 0.25) is 0 Å². The zero-order chi connectivity index (χ0) is 14.4. The molecule has 0 bridgehead atoms. The Hall–Kier alpha value is -1.26. The van der Waals surface area contributed by atoms with E-state index in [9.17, 15) is 0 Å². The first kappa shape index (κ1) is 15.1. The fourth-order valence-corrected chi connectivity index (χ4v) is 2.83. The van der Waals surface area contributed by atoms with Crippen LogP contribution in [0.25, 0.3) is 0 Å². The van der Waals surface area contributed by atoms with Crippen LogP contribution in [0.1, 0.15) is 25.7 Å². The third-order valence-corrected chi connectivity index (χ3v) is 4.12. The molecule has 2 unspecified atom stereocenters. The van der Waals surface area contributed by atoms with Crippen LogP contribution in [0.4, 0.5) is 0 Å². The van der Waals surface area contributed by atoms with Crippen LogP contribution in [-0.2, 0) is 0 Å². The average Bonchev–Trinajstić information content (AvgIpc) is 2.48. The van der Waals surface area contributed by atoms with Gasteiger partial charge in [-0.1, -0.05) is 12.8 Å². The number of benzene rings is 1. The number of likely N-dealkylation sites (N-methyl/N-ethyl adjacent to an activating group) is 1. The van der Waals surface area contributed by atoms with Gasteiger partial charge in [0.2, 0.25) is 0 Å². The summed E-state index contributed by atoms with van der Waals surface area (Å²) >= 11 is 0. The van der Waals surface area contributed by atoms with Crippen molar-refractivity contribution in [2.45, 2.75) is 37.8 Å². The number of hydrogen-bond donors (Lipinski definition) is 1. The maximum absolute atomic E-state index is 6.20. The van der Waals surface area contributed by atoms with E-state index in [0.29, 0.717) is 18.7 Å². The van der Waals surface area contributed by atoms with E-state index in [4.69, 9.17) is 15.2 Å². The monoisotopic (exact) mass is 278 g/mol. The van der Waals surface area contributed by atoms with Crippen LogP contribution in [0.5, 0.6) is 11.5 Å². The maximum Gasteiger partial charge on any atom is 0.119 e. The van der Waals surface area contributed by atoms with Crippen LogP contribution in [-0.4, -0.2) is 44.3 Å². The summed E-state index contributed by atoms with van der Waals surface area (Å²) < 4.78 is 10.9. The Morgan fingerprint density at radius 3 is 2.45 bits per heavy atom. The zero-order valence-electron chi connectivity index (χ0n) is 12.5. The number of nitrogens with zero attached hydrogens (tertiary/aromatic N) is 1. The second-order valence-corrected chi connectivity index (χ2v) is 5.52. The molecular weight excluding hydrogens is 252 g/mol. The fraction of sp³-hybridized carbons (Fsp3) is 0.625. The first-order valence-corrected chi connectivity index (χ1v) is 7.43. The van der Waals surface area contributed by atoms with Crippen molar-refractivity contribution in [2.75, 3.05) is 27.3 Å². The fourth-order valence-electron chi connectivity index (χ4n) is 2.83. The van der Waals surface area contributed by atoms with E-state index in [1.165, 1.54) is 19.3 Å². The number of ether oxygens (including phenoxy) is 2. The summed E-state index contributed by atoms with van der Waals surface area (Å²) in [4.78, 5) is 2.34. The van der Waals surface area contributed by atoms with Gasteiger partial charge in [-0.25, -0.2) is 0 Å². The highest BCUT2D eigenvalue weighted by Crippen LogP contribution is 2.21. The van der Waals surface area contributed by atoms with E-state index in [-0.39, 0.29) is 0 Å². The van der Waals surface area contributed by atoms with Crippen molar-refractivity contribution in [1.82, 2.24) is 4.90 Å². The number of methoxy groups -OCH3 is 1. The normalized spacial score (nSPS) is 22.8. The predicted molar refractivity (Wildman–Crippen MR) is 81.4 cm³/mol. The lowest BCUT2D eigenvalue weighted by atomic mass is 9.90. The first-order chi connectivity index (χ1) is 9.70. The van der Waals surface area contributed by atoms with Crippen LogP contribution in [0.15, 0.2) is 24.3 Å². The van der Waals surface area contributed by atoms with Crippen LogP contribution in [0, 0.1) is 0 Å². The van der Waals surface area contributed by atoms with Gasteiger partial charge in [-0.2, -0.15) is 0 Å². The molecule has 1 aromatic carbocycles. The van der Waals surface area contributed by atoms with Crippen LogP contribution in [0.3, 0.4) is 0 Å². The molecule has 0 heterocycles. The molecule has 2 atom stereocenters. The van der Waals surface area contributed by atoms with Gasteiger partial charge in [0.25, 0.3) is 0 Å². The minimum Gasteiger partial charge on any atom is -0.497 e. The third kappa shape index (κ3) is 4.12. The van der Waals surface area contributed by atoms with Gasteiger partial charge in [0.15, 0.2) is 0 Å². The molecule has 4 heteroatoms. The molecule has 1 fully saturated rings. The lowest BCUT2D eigenvalue weighted by molar-refractivity contribution is 0.143. The van der Waals surface area contributed by atoms with Gasteiger partial charge < -0.3 is 15.2 Å². The molecule has 1 aliphatic carbocycles. The van der Waals surface area contributed by atoms with Crippen molar-refractivity contribution in [3.05, 3.63) is 24.3 Å². The van der Waals surface area contributed by atoms with Gasteiger partial charge >= 0.3 is 0 Å². The second-order valence-electron chi connectivity index (χ2n) is 5.52. The van der Waals surface area contributed by atoms with Crippen molar-refractivity contribution in [1.29, 1.82) is 0 Å². The Kier molecular flexibility index (Phi) is 5.68. The summed E-state index contributed by atoms with van der Waals surface area (Å²) in [6.07, 6.45) is 4.92.